The van der Waals surface area contributed by atoms with Crippen LogP contribution in [0.2, 0.25) is 0 Å². The Kier molecular flexibility index (Phi) is 3.73. The molecule has 0 radical (unpaired) electrons. The van der Waals surface area contributed by atoms with Crippen molar-refractivity contribution in [2.45, 2.75) is 18.8 Å². The van der Waals surface area contributed by atoms with E-state index < -0.39 is 18.8 Å². The average Bonchev–Trinajstić information content (AvgIpc) is 2.48. The van der Waals surface area contributed by atoms with E-state index in [9.17, 15) is 17.6 Å². The van der Waals surface area contributed by atoms with Crippen LogP contribution in [0, 0.1) is 0 Å². The predicted octanol–water partition coefficient (Wildman–Crippen LogP) is 2.69. The zero-order valence-electron chi connectivity index (χ0n) is 8.20. The summed E-state index contributed by atoms with van der Waals surface area (Å²) in [6.07, 6.45) is -6.53. The standard InChI is InChI=1S/C9H7F4NO2.ClH/c10-8(11)7(14)4-1-2-5-6(3-4)16-9(12,13)15-5;/h1-3,7-8H,14H2;1H/t7-;/m1./s1. The predicted molar refractivity (Wildman–Crippen MR) is 52.8 cm³/mol. The van der Waals surface area contributed by atoms with Crippen molar-refractivity contribution in [3.8, 4) is 11.5 Å². The maximum atomic E-state index is 12.6. The molecule has 1 heterocycles. The molecule has 0 fully saturated rings. The van der Waals surface area contributed by atoms with Gasteiger partial charge in [-0.25, -0.2) is 8.78 Å². The minimum atomic E-state index is -3.75. The summed E-state index contributed by atoms with van der Waals surface area (Å²) < 4.78 is 58.0. The van der Waals surface area contributed by atoms with Gasteiger partial charge in [0.25, 0.3) is 6.43 Å². The maximum absolute atomic E-state index is 12.6. The van der Waals surface area contributed by atoms with Gasteiger partial charge in [-0.15, -0.1) is 21.2 Å². The molecule has 0 spiro atoms. The summed E-state index contributed by atoms with van der Waals surface area (Å²) in [7, 11) is 0. The molecular formula is C9H8ClF4NO2. The quantitative estimate of drug-likeness (QED) is 0.843. The molecular weight excluding hydrogens is 266 g/mol. The van der Waals surface area contributed by atoms with Crippen LogP contribution in [-0.2, 0) is 0 Å². The molecule has 2 rings (SSSR count). The van der Waals surface area contributed by atoms with Gasteiger partial charge in [0.2, 0.25) is 0 Å². The van der Waals surface area contributed by atoms with Crippen molar-refractivity contribution >= 4 is 12.4 Å². The molecule has 1 aromatic rings. The highest BCUT2D eigenvalue weighted by Gasteiger charge is 2.43. The Morgan fingerprint density at radius 3 is 2.29 bits per heavy atom. The zero-order chi connectivity index (χ0) is 11.9. The minimum Gasteiger partial charge on any atom is -0.395 e. The molecule has 0 amide bonds. The van der Waals surface area contributed by atoms with E-state index in [-0.39, 0.29) is 29.5 Å². The first-order valence-electron chi connectivity index (χ1n) is 4.32. The second-order valence-electron chi connectivity index (χ2n) is 3.23. The van der Waals surface area contributed by atoms with Crippen molar-refractivity contribution < 1.29 is 27.0 Å². The molecule has 3 nitrogen and oxygen atoms in total. The van der Waals surface area contributed by atoms with Crippen molar-refractivity contribution in [1.29, 1.82) is 0 Å². The summed E-state index contributed by atoms with van der Waals surface area (Å²) in [6, 6.07) is 1.80. The molecule has 2 N–H and O–H groups in total. The van der Waals surface area contributed by atoms with Crippen LogP contribution in [0.25, 0.3) is 0 Å². The van der Waals surface area contributed by atoms with Crippen LogP contribution in [0.3, 0.4) is 0 Å². The van der Waals surface area contributed by atoms with Gasteiger partial charge in [0.15, 0.2) is 11.5 Å². The number of rotatable bonds is 2. The van der Waals surface area contributed by atoms with Crippen molar-refractivity contribution in [3.05, 3.63) is 23.8 Å². The summed E-state index contributed by atoms with van der Waals surface area (Å²) in [5.41, 5.74) is 5.17. The number of ether oxygens (including phenoxy) is 2. The first kappa shape index (κ1) is 13.9. The van der Waals surface area contributed by atoms with Gasteiger partial charge in [-0.1, -0.05) is 6.07 Å². The first-order chi connectivity index (χ1) is 7.39. The number of alkyl halides is 4. The molecule has 0 saturated heterocycles. The molecule has 1 atom stereocenters. The van der Waals surface area contributed by atoms with Crippen LogP contribution in [0.4, 0.5) is 17.6 Å². The van der Waals surface area contributed by atoms with Crippen LogP contribution >= 0.6 is 12.4 Å². The smallest absolute Gasteiger partial charge is 0.395 e. The Balaban J connectivity index is 0.00000144. The summed E-state index contributed by atoms with van der Waals surface area (Å²) in [5, 5.41) is 0. The van der Waals surface area contributed by atoms with Gasteiger partial charge in [0.05, 0.1) is 6.04 Å². The first-order valence-corrected chi connectivity index (χ1v) is 4.32. The lowest BCUT2D eigenvalue weighted by Gasteiger charge is -2.10. The molecule has 0 aliphatic carbocycles. The third kappa shape index (κ3) is 2.73. The number of nitrogens with two attached hydrogens (primary N) is 1. The molecule has 1 aliphatic heterocycles. The molecule has 1 aliphatic rings. The zero-order valence-corrected chi connectivity index (χ0v) is 9.02. The molecule has 0 bridgehead atoms. The van der Waals surface area contributed by atoms with Crippen LogP contribution in [0.5, 0.6) is 11.5 Å². The number of fused-ring (bicyclic) bond motifs is 1. The Morgan fingerprint density at radius 1 is 1.12 bits per heavy atom. The fourth-order valence-corrected chi connectivity index (χ4v) is 1.32. The number of halogens is 5. The van der Waals surface area contributed by atoms with Crippen molar-refractivity contribution in [2.24, 2.45) is 5.73 Å². The summed E-state index contributed by atoms with van der Waals surface area (Å²) >= 11 is 0. The molecule has 17 heavy (non-hydrogen) atoms. The van der Waals surface area contributed by atoms with E-state index in [2.05, 4.69) is 9.47 Å². The second kappa shape index (κ2) is 4.58. The third-order valence-electron chi connectivity index (χ3n) is 2.08. The average molecular weight is 274 g/mol. The third-order valence-corrected chi connectivity index (χ3v) is 2.08. The van der Waals surface area contributed by atoms with Crippen molar-refractivity contribution in [1.82, 2.24) is 0 Å². The van der Waals surface area contributed by atoms with E-state index in [1.54, 1.807) is 0 Å². The highest BCUT2D eigenvalue weighted by molar-refractivity contribution is 5.85. The van der Waals surface area contributed by atoms with Crippen molar-refractivity contribution in [2.75, 3.05) is 0 Å². The molecule has 0 aromatic heterocycles. The Morgan fingerprint density at radius 2 is 1.71 bits per heavy atom. The van der Waals surface area contributed by atoms with Crippen LogP contribution in [0.15, 0.2) is 18.2 Å². The van der Waals surface area contributed by atoms with Gasteiger partial charge in [-0.2, -0.15) is 0 Å². The fourth-order valence-electron chi connectivity index (χ4n) is 1.32. The highest BCUT2D eigenvalue weighted by atomic mass is 35.5. The maximum Gasteiger partial charge on any atom is 0.586 e. The Hall–Kier alpha value is -1.21. The fraction of sp³-hybridized carbons (Fsp3) is 0.333. The lowest BCUT2D eigenvalue weighted by molar-refractivity contribution is -0.286. The largest absolute Gasteiger partial charge is 0.586 e. The van der Waals surface area contributed by atoms with Gasteiger partial charge in [-0.3, -0.25) is 0 Å². The molecule has 96 valence electrons. The SMILES string of the molecule is Cl.N[C@H](c1ccc2c(c1)OC(F)(F)O2)C(F)F. The van der Waals surface area contributed by atoms with Crippen LogP contribution in [0.1, 0.15) is 11.6 Å². The topological polar surface area (TPSA) is 44.5 Å². The lowest BCUT2D eigenvalue weighted by atomic mass is 10.1. The van der Waals surface area contributed by atoms with E-state index in [0.717, 1.165) is 12.1 Å². The monoisotopic (exact) mass is 273 g/mol. The van der Waals surface area contributed by atoms with E-state index >= 15 is 0 Å². The van der Waals surface area contributed by atoms with Gasteiger partial charge in [0, 0.05) is 0 Å². The van der Waals surface area contributed by atoms with Crippen molar-refractivity contribution in [3.63, 3.8) is 0 Å². The second-order valence-corrected chi connectivity index (χ2v) is 3.23. The number of benzene rings is 1. The minimum absolute atomic E-state index is 0. The van der Waals surface area contributed by atoms with Gasteiger partial charge in [-0.05, 0) is 17.7 Å². The van der Waals surface area contributed by atoms with Gasteiger partial charge < -0.3 is 15.2 Å². The Labute approximate surface area is 99.9 Å². The van der Waals surface area contributed by atoms with E-state index in [1.165, 1.54) is 6.07 Å². The Bertz CT molecular complexity index is 416. The lowest BCUT2D eigenvalue weighted by Crippen LogP contribution is -2.26. The normalized spacial score (nSPS) is 17.8. The summed E-state index contributed by atoms with van der Waals surface area (Å²) in [4.78, 5) is 0. The number of hydrogen-bond donors (Lipinski definition) is 1. The summed E-state index contributed by atoms with van der Waals surface area (Å²) in [5.74, 6) is -0.492. The van der Waals surface area contributed by atoms with Gasteiger partial charge in [0.1, 0.15) is 0 Å². The van der Waals surface area contributed by atoms with E-state index in [4.69, 9.17) is 5.73 Å². The highest BCUT2D eigenvalue weighted by Crippen LogP contribution is 2.42. The van der Waals surface area contributed by atoms with E-state index in [1.807, 2.05) is 0 Å². The molecule has 0 saturated carbocycles. The number of hydrogen-bond acceptors (Lipinski definition) is 3. The summed E-state index contributed by atoms with van der Waals surface area (Å²) in [6.45, 7) is 0. The van der Waals surface area contributed by atoms with E-state index in [0.29, 0.717) is 0 Å². The van der Waals surface area contributed by atoms with Crippen LogP contribution in [-0.4, -0.2) is 12.7 Å². The van der Waals surface area contributed by atoms with Gasteiger partial charge >= 0.3 is 6.29 Å². The van der Waals surface area contributed by atoms with Crippen LogP contribution < -0.4 is 15.2 Å². The molecule has 8 heteroatoms. The molecule has 1 aromatic carbocycles. The molecule has 0 unspecified atom stereocenters.